The van der Waals surface area contributed by atoms with Crippen molar-refractivity contribution in [3.63, 3.8) is 0 Å². The summed E-state index contributed by atoms with van der Waals surface area (Å²) in [5.41, 5.74) is 4.10. The zero-order chi connectivity index (χ0) is 20.8. The Morgan fingerprint density at radius 3 is 2.38 bits per heavy atom. The molecule has 1 aliphatic heterocycles. The van der Waals surface area contributed by atoms with Crippen LogP contribution in [-0.4, -0.2) is 47.9 Å². The number of carbonyl (C=O) groups is 2. The number of benzene rings is 2. The van der Waals surface area contributed by atoms with Gasteiger partial charge in [-0.15, -0.1) is 0 Å². The minimum absolute atomic E-state index is 0.0232. The zero-order valence-electron chi connectivity index (χ0n) is 16.8. The molecule has 0 saturated carbocycles. The summed E-state index contributed by atoms with van der Waals surface area (Å²) in [7, 11) is 0. The van der Waals surface area contributed by atoms with E-state index in [0.29, 0.717) is 36.9 Å². The van der Waals surface area contributed by atoms with Gasteiger partial charge in [-0.1, -0.05) is 35.4 Å². The second-order valence-electron chi connectivity index (χ2n) is 7.30. The number of amides is 3. The van der Waals surface area contributed by atoms with Crippen LogP contribution in [0.1, 0.15) is 23.1 Å². The second-order valence-corrected chi connectivity index (χ2v) is 7.73. The van der Waals surface area contributed by atoms with E-state index in [1.165, 1.54) is 5.56 Å². The van der Waals surface area contributed by atoms with Gasteiger partial charge in [-0.3, -0.25) is 4.79 Å². The summed E-state index contributed by atoms with van der Waals surface area (Å²) < 4.78 is 0. The first-order chi connectivity index (χ1) is 13.9. The Kier molecular flexibility index (Phi) is 6.94. The second kappa shape index (κ2) is 9.61. The lowest BCUT2D eigenvalue weighted by Gasteiger charge is -2.22. The highest BCUT2D eigenvalue weighted by Gasteiger charge is 2.21. The molecule has 1 N–H and O–H groups in total. The van der Waals surface area contributed by atoms with Crippen LogP contribution in [0.25, 0.3) is 6.08 Å². The van der Waals surface area contributed by atoms with E-state index in [4.69, 9.17) is 11.6 Å². The highest BCUT2D eigenvalue weighted by atomic mass is 35.5. The number of hydrogen-bond acceptors (Lipinski definition) is 2. The van der Waals surface area contributed by atoms with Crippen LogP contribution in [0.15, 0.2) is 48.5 Å². The van der Waals surface area contributed by atoms with Crippen molar-refractivity contribution >= 4 is 35.3 Å². The first kappa shape index (κ1) is 20.9. The summed E-state index contributed by atoms with van der Waals surface area (Å²) in [5, 5.41) is 3.50. The maximum Gasteiger partial charge on any atom is 0.321 e. The fourth-order valence-corrected chi connectivity index (χ4v) is 3.48. The number of nitrogens with zero attached hydrogens (tertiary/aromatic N) is 2. The molecule has 1 saturated heterocycles. The molecule has 6 heteroatoms. The summed E-state index contributed by atoms with van der Waals surface area (Å²) in [6.07, 6.45) is 4.24. The first-order valence-corrected chi connectivity index (χ1v) is 10.2. The Labute approximate surface area is 177 Å². The third kappa shape index (κ3) is 5.84. The molecule has 0 aliphatic carbocycles. The van der Waals surface area contributed by atoms with Crippen LogP contribution in [0.3, 0.4) is 0 Å². The van der Waals surface area contributed by atoms with Gasteiger partial charge in [0.2, 0.25) is 5.91 Å². The molecule has 1 fully saturated rings. The van der Waals surface area contributed by atoms with E-state index in [-0.39, 0.29) is 11.9 Å². The maximum absolute atomic E-state index is 12.6. The van der Waals surface area contributed by atoms with Gasteiger partial charge in [0, 0.05) is 43.0 Å². The van der Waals surface area contributed by atoms with Gasteiger partial charge in [0.25, 0.3) is 0 Å². The van der Waals surface area contributed by atoms with Gasteiger partial charge in [0.05, 0.1) is 0 Å². The quantitative estimate of drug-likeness (QED) is 0.742. The topological polar surface area (TPSA) is 52.7 Å². The summed E-state index contributed by atoms with van der Waals surface area (Å²) in [5.74, 6) is -0.0232. The zero-order valence-corrected chi connectivity index (χ0v) is 17.6. The highest BCUT2D eigenvalue weighted by molar-refractivity contribution is 6.30. The van der Waals surface area contributed by atoms with Crippen molar-refractivity contribution in [2.75, 3.05) is 31.5 Å². The molecule has 2 aromatic rings. The number of anilines is 1. The molecule has 1 aliphatic rings. The molecule has 0 unspecified atom stereocenters. The standard InChI is InChI=1S/C23H26ClN3O2/c1-17-4-5-19(18(2)16-17)6-11-22(28)26-12-3-13-27(15-14-26)23(29)25-21-9-7-20(24)8-10-21/h4-11,16H,3,12-15H2,1-2H3,(H,25,29)/b11-6+. The number of hydrogen-bond donors (Lipinski definition) is 1. The van der Waals surface area contributed by atoms with Gasteiger partial charge in [0.1, 0.15) is 0 Å². The number of aryl methyl sites for hydroxylation is 2. The average Bonchev–Trinajstić information content (AvgIpc) is 2.95. The Hall–Kier alpha value is -2.79. The van der Waals surface area contributed by atoms with Gasteiger partial charge in [0.15, 0.2) is 0 Å². The van der Waals surface area contributed by atoms with E-state index >= 15 is 0 Å². The Morgan fingerprint density at radius 2 is 1.66 bits per heavy atom. The van der Waals surface area contributed by atoms with Gasteiger partial charge >= 0.3 is 6.03 Å². The van der Waals surface area contributed by atoms with Crippen LogP contribution >= 0.6 is 11.6 Å². The van der Waals surface area contributed by atoms with Gasteiger partial charge in [-0.05, 0) is 61.7 Å². The molecule has 0 spiro atoms. The van der Waals surface area contributed by atoms with E-state index in [1.807, 2.05) is 25.1 Å². The maximum atomic E-state index is 12.6. The third-order valence-electron chi connectivity index (χ3n) is 5.02. The monoisotopic (exact) mass is 411 g/mol. The number of nitrogens with one attached hydrogen (secondary N) is 1. The van der Waals surface area contributed by atoms with Crippen LogP contribution < -0.4 is 5.32 Å². The van der Waals surface area contributed by atoms with E-state index in [0.717, 1.165) is 17.5 Å². The van der Waals surface area contributed by atoms with Crippen LogP contribution in [0.4, 0.5) is 10.5 Å². The fourth-order valence-electron chi connectivity index (χ4n) is 3.36. The van der Waals surface area contributed by atoms with E-state index in [9.17, 15) is 9.59 Å². The van der Waals surface area contributed by atoms with Crippen molar-refractivity contribution in [3.05, 3.63) is 70.3 Å². The molecule has 3 amide bonds. The normalized spacial score (nSPS) is 14.7. The molecule has 0 bridgehead atoms. The van der Waals surface area contributed by atoms with Crippen molar-refractivity contribution < 1.29 is 9.59 Å². The molecule has 0 aromatic heterocycles. The van der Waals surface area contributed by atoms with Gasteiger partial charge in [-0.2, -0.15) is 0 Å². The van der Waals surface area contributed by atoms with Crippen LogP contribution in [0.2, 0.25) is 5.02 Å². The van der Waals surface area contributed by atoms with Crippen LogP contribution in [0, 0.1) is 13.8 Å². The van der Waals surface area contributed by atoms with E-state index < -0.39 is 0 Å². The van der Waals surface area contributed by atoms with E-state index in [1.54, 1.807) is 40.1 Å². The van der Waals surface area contributed by atoms with Crippen molar-refractivity contribution in [1.82, 2.24) is 9.80 Å². The molecule has 29 heavy (non-hydrogen) atoms. The van der Waals surface area contributed by atoms with Crippen molar-refractivity contribution in [3.8, 4) is 0 Å². The van der Waals surface area contributed by atoms with Crippen LogP contribution in [-0.2, 0) is 4.79 Å². The summed E-state index contributed by atoms with van der Waals surface area (Å²) in [4.78, 5) is 28.7. The minimum Gasteiger partial charge on any atom is -0.337 e. The van der Waals surface area contributed by atoms with Crippen LogP contribution in [0.5, 0.6) is 0 Å². The lowest BCUT2D eigenvalue weighted by atomic mass is 10.1. The molecular weight excluding hydrogens is 386 g/mol. The van der Waals surface area contributed by atoms with Crippen molar-refractivity contribution in [1.29, 1.82) is 0 Å². The SMILES string of the molecule is Cc1ccc(/C=C/C(=O)N2CCCN(C(=O)Nc3ccc(Cl)cc3)CC2)c(C)c1. The van der Waals surface area contributed by atoms with Gasteiger partial charge in [-0.25, -0.2) is 4.79 Å². The smallest absolute Gasteiger partial charge is 0.321 e. The summed E-state index contributed by atoms with van der Waals surface area (Å²) >= 11 is 5.88. The molecule has 2 aromatic carbocycles. The number of halogens is 1. The molecule has 3 rings (SSSR count). The first-order valence-electron chi connectivity index (χ1n) is 9.78. The minimum atomic E-state index is -0.160. The Morgan fingerprint density at radius 1 is 0.966 bits per heavy atom. The molecule has 1 heterocycles. The third-order valence-corrected chi connectivity index (χ3v) is 5.27. The molecule has 0 radical (unpaired) electrons. The highest BCUT2D eigenvalue weighted by Crippen LogP contribution is 2.15. The summed E-state index contributed by atoms with van der Waals surface area (Å²) in [6, 6.07) is 13.0. The van der Waals surface area contributed by atoms with Crippen molar-refractivity contribution in [2.45, 2.75) is 20.3 Å². The summed E-state index contributed by atoms with van der Waals surface area (Å²) in [6.45, 7) is 6.37. The molecule has 152 valence electrons. The van der Waals surface area contributed by atoms with Crippen molar-refractivity contribution in [2.24, 2.45) is 0 Å². The lowest BCUT2D eigenvalue weighted by Crippen LogP contribution is -2.39. The predicted molar refractivity (Wildman–Crippen MR) is 118 cm³/mol. The molecule has 5 nitrogen and oxygen atoms in total. The molecule has 0 atom stereocenters. The Bertz CT molecular complexity index is 909. The molecular formula is C23H26ClN3O2. The van der Waals surface area contributed by atoms with E-state index in [2.05, 4.69) is 18.3 Å². The largest absolute Gasteiger partial charge is 0.337 e. The number of urea groups is 1. The lowest BCUT2D eigenvalue weighted by molar-refractivity contribution is -0.125. The van der Waals surface area contributed by atoms with Gasteiger partial charge < -0.3 is 15.1 Å². The Balaban J connectivity index is 1.55. The number of carbonyl (C=O) groups excluding carboxylic acids is 2. The fraction of sp³-hybridized carbons (Fsp3) is 0.304. The predicted octanol–water partition coefficient (Wildman–Crippen LogP) is 4.74. The average molecular weight is 412 g/mol. The number of rotatable bonds is 3.